The average Bonchev–Trinajstić information content (AvgIpc) is 3.82. The molecule has 0 aromatic heterocycles. The number of primary amides is 1. The fourth-order valence-corrected chi connectivity index (χ4v) is 8.94. The number of hydrogen-bond donors (Lipinski definition) is 4. The Morgan fingerprint density at radius 2 is 1.44 bits per heavy atom. The smallest absolute Gasteiger partial charge is 0.246 e. The molecule has 5 aliphatic rings. The van der Waals surface area contributed by atoms with Crippen molar-refractivity contribution >= 4 is 41.1 Å². The summed E-state index contributed by atoms with van der Waals surface area (Å²) < 4.78 is 11.3. The topological polar surface area (TPSA) is 216 Å². The number of benzene rings is 3. The van der Waals surface area contributed by atoms with Crippen molar-refractivity contribution in [3.63, 3.8) is 0 Å². The highest BCUT2D eigenvalue weighted by molar-refractivity contribution is 5.97. The van der Waals surface area contributed by atoms with Crippen molar-refractivity contribution in [2.75, 3.05) is 19.9 Å². The largest absolute Gasteiger partial charge is 0.454 e. The zero-order valence-corrected chi connectivity index (χ0v) is 31.7. The zero-order chi connectivity index (χ0) is 40.0. The van der Waals surface area contributed by atoms with E-state index in [9.17, 15) is 24.0 Å². The number of guanidine groups is 1. The van der Waals surface area contributed by atoms with Crippen LogP contribution in [0, 0.1) is 0 Å². The van der Waals surface area contributed by atoms with Gasteiger partial charge in [0.15, 0.2) is 17.5 Å². The Kier molecular flexibility index (Phi) is 10.1. The van der Waals surface area contributed by atoms with E-state index >= 15 is 0 Å². The van der Waals surface area contributed by atoms with E-state index in [-0.39, 0.29) is 76.4 Å². The van der Waals surface area contributed by atoms with Gasteiger partial charge < -0.3 is 46.7 Å². The van der Waals surface area contributed by atoms with Crippen molar-refractivity contribution in [1.82, 2.24) is 20.0 Å². The van der Waals surface area contributed by atoms with Crippen molar-refractivity contribution in [2.24, 2.45) is 22.2 Å². The summed E-state index contributed by atoms with van der Waals surface area (Å²) in [5, 5.41) is 2.99. The number of carbonyl (C=O) groups is 5. The van der Waals surface area contributed by atoms with Gasteiger partial charge in [-0.05, 0) is 75.9 Å². The molecule has 296 valence electrons. The first kappa shape index (κ1) is 37.5. The second-order valence-electron chi connectivity index (χ2n) is 15.3. The molecule has 0 saturated carbocycles. The van der Waals surface area contributed by atoms with Gasteiger partial charge in [-0.2, -0.15) is 0 Å². The molecule has 15 heteroatoms. The maximum absolute atomic E-state index is 14.8. The van der Waals surface area contributed by atoms with E-state index in [1.807, 2.05) is 60.7 Å². The fourth-order valence-electron chi connectivity index (χ4n) is 8.94. The van der Waals surface area contributed by atoms with Crippen LogP contribution in [0.2, 0.25) is 0 Å². The zero-order valence-electron chi connectivity index (χ0n) is 31.7. The van der Waals surface area contributed by atoms with Crippen LogP contribution < -0.4 is 32.0 Å². The molecular weight excluding hydrogens is 729 g/mol. The molecule has 15 nitrogen and oxygen atoms in total. The van der Waals surface area contributed by atoms with E-state index in [4.69, 9.17) is 26.7 Å². The third kappa shape index (κ3) is 7.25. The lowest BCUT2D eigenvalue weighted by Crippen LogP contribution is -2.62. The minimum absolute atomic E-state index is 0.0523. The van der Waals surface area contributed by atoms with E-state index < -0.39 is 41.9 Å². The highest BCUT2D eigenvalue weighted by Gasteiger charge is 2.45. The van der Waals surface area contributed by atoms with Gasteiger partial charge in [-0.25, -0.2) is 0 Å². The molecule has 8 rings (SSSR count). The highest BCUT2D eigenvalue weighted by atomic mass is 16.7. The van der Waals surface area contributed by atoms with Gasteiger partial charge in [0.2, 0.25) is 36.3 Å². The van der Waals surface area contributed by atoms with Gasteiger partial charge in [-0.1, -0.05) is 48.5 Å². The number of hydrogen-bond acceptors (Lipinski definition) is 8. The summed E-state index contributed by atoms with van der Waals surface area (Å²) in [5.74, 6) is -1.34. The summed E-state index contributed by atoms with van der Waals surface area (Å²) in [5.41, 5.74) is 24.8. The minimum Gasteiger partial charge on any atom is -0.454 e. The molecule has 1 aliphatic carbocycles. The molecule has 3 aromatic carbocycles. The van der Waals surface area contributed by atoms with Gasteiger partial charge >= 0.3 is 0 Å². The fraction of sp³-hybridized carbons (Fsp3) is 0.381. The molecule has 3 aromatic rings. The van der Waals surface area contributed by atoms with E-state index in [0.717, 1.165) is 44.5 Å². The Bertz CT molecular complexity index is 2230. The van der Waals surface area contributed by atoms with Crippen LogP contribution in [0.15, 0.2) is 71.2 Å². The van der Waals surface area contributed by atoms with Gasteiger partial charge in [0.25, 0.3) is 0 Å². The third-order valence-electron chi connectivity index (χ3n) is 11.8. The molecule has 0 spiro atoms. The molecule has 4 atom stereocenters. The normalized spacial score (nSPS) is 20.8. The van der Waals surface area contributed by atoms with Crippen LogP contribution in [0.1, 0.15) is 59.6 Å². The molecular formula is C42H46N8O7. The van der Waals surface area contributed by atoms with Crippen LogP contribution in [-0.2, 0) is 56.3 Å². The van der Waals surface area contributed by atoms with Gasteiger partial charge in [0, 0.05) is 52.4 Å². The molecule has 0 fully saturated rings. The SMILES string of the molecule is CC(=O)N1Cc2ccccc2C[C@H]1C(=O)N1Cc2cc3c(cc2CC1C(=O)N[C@@H](CCCN=C(N)N)C(=O)N1CC2=C(CC1C(N)=O)c1ccccc1C2)OCO3. The van der Waals surface area contributed by atoms with Gasteiger partial charge in [-0.3, -0.25) is 29.0 Å². The monoisotopic (exact) mass is 774 g/mol. The van der Waals surface area contributed by atoms with Crippen molar-refractivity contribution in [3.8, 4) is 11.5 Å². The predicted octanol–water partition coefficient (Wildman–Crippen LogP) is 1.28. The van der Waals surface area contributed by atoms with Crippen molar-refractivity contribution < 1.29 is 33.4 Å². The van der Waals surface area contributed by atoms with Crippen LogP contribution in [0.5, 0.6) is 11.5 Å². The van der Waals surface area contributed by atoms with Gasteiger partial charge in [0.1, 0.15) is 24.2 Å². The van der Waals surface area contributed by atoms with E-state index in [2.05, 4.69) is 10.3 Å². The lowest BCUT2D eigenvalue weighted by Gasteiger charge is -2.43. The highest BCUT2D eigenvalue weighted by Crippen LogP contribution is 2.41. The molecule has 4 aliphatic heterocycles. The first-order valence-electron chi connectivity index (χ1n) is 19.3. The maximum Gasteiger partial charge on any atom is 0.246 e. The summed E-state index contributed by atoms with van der Waals surface area (Å²) >= 11 is 0. The summed E-state index contributed by atoms with van der Waals surface area (Å²) in [4.78, 5) is 78.9. The molecule has 0 bridgehead atoms. The number of nitrogens with zero attached hydrogens (tertiary/aromatic N) is 4. The summed E-state index contributed by atoms with van der Waals surface area (Å²) in [6.45, 7) is 2.18. The summed E-state index contributed by atoms with van der Waals surface area (Å²) in [6.07, 6.45) is 1.77. The maximum atomic E-state index is 14.8. The first-order chi connectivity index (χ1) is 27.5. The minimum atomic E-state index is -1.11. The van der Waals surface area contributed by atoms with Crippen LogP contribution in [0.25, 0.3) is 5.57 Å². The number of nitrogens with two attached hydrogens (primary N) is 3. The van der Waals surface area contributed by atoms with E-state index in [1.54, 1.807) is 4.90 Å². The number of carbonyl (C=O) groups excluding carboxylic acids is 5. The average molecular weight is 775 g/mol. The molecule has 7 N–H and O–H groups in total. The predicted molar refractivity (Wildman–Crippen MR) is 209 cm³/mol. The van der Waals surface area contributed by atoms with Crippen molar-refractivity contribution in [3.05, 3.63) is 99.6 Å². The number of nitrogens with one attached hydrogen (secondary N) is 1. The quantitative estimate of drug-likeness (QED) is 0.140. The van der Waals surface area contributed by atoms with Crippen LogP contribution in [0.4, 0.5) is 0 Å². The van der Waals surface area contributed by atoms with Gasteiger partial charge in [0.05, 0.1) is 0 Å². The summed E-state index contributed by atoms with van der Waals surface area (Å²) in [6, 6.07) is 15.4. The van der Waals surface area contributed by atoms with E-state index in [0.29, 0.717) is 24.3 Å². The standard InChI is InChI=1S/C42H46N8O7/c1-23(51)48-19-26-9-3-2-7-24(26)14-35(48)41(55)50-20-28-17-37-36(56-22-57-37)16-27(28)15-34(50)39(53)47-32(11-6-12-46-42(44)45)40(54)49-21-29-13-25-8-4-5-10-30(25)31(29)18-33(49)38(43)52/h2-5,7-10,16-17,32-35H,6,11-15,18-22H2,1H3,(H2,43,52)(H,47,53)(H4,44,45,46)/t32-,33?,34?,35-/m0/s1. The first-order valence-corrected chi connectivity index (χ1v) is 19.3. The Hall–Kier alpha value is -6.38. The number of fused-ring (bicyclic) bond motifs is 5. The number of ether oxygens (including phenoxy) is 2. The van der Waals surface area contributed by atoms with Crippen LogP contribution in [0.3, 0.4) is 0 Å². The molecule has 0 saturated heterocycles. The van der Waals surface area contributed by atoms with Crippen LogP contribution >= 0.6 is 0 Å². The molecule has 2 unspecified atom stereocenters. The van der Waals surface area contributed by atoms with E-state index in [1.165, 1.54) is 16.7 Å². The Balaban J connectivity index is 1.11. The third-order valence-corrected chi connectivity index (χ3v) is 11.8. The summed E-state index contributed by atoms with van der Waals surface area (Å²) in [7, 11) is 0. The lowest BCUT2D eigenvalue weighted by atomic mass is 9.89. The lowest BCUT2D eigenvalue weighted by molar-refractivity contribution is -0.152. The number of amides is 5. The molecule has 57 heavy (non-hydrogen) atoms. The van der Waals surface area contributed by atoms with Crippen molar-refractivity contribution in [1.29, 1.82) is 0 Å². The Labute approximate surface area is 329 Å². The number of rotatable bonds is 9. The Morgan fingerprint density at radius 3 is 2.16 bits per heavy atom. The second-order valence-corrected chi connectivity index (χ2v) is 15.3. The number of aliphatic imine (C=N–C) groups is 1. The van der Waals surface area contributed by atoms with Gasteiger partial charge in [-0.15, -0.1) is 0 Å². The molecule has 0 radical (unpaired) electrons. The van der Waals surface area contributed by atoms with Crippen molar-refractivity contribution in [2.45, 2.75) is 82.7 Å². The van der Waals surface area contributed by atoms with Crippen LogP contribution in [-0.4, -0.2) is 94.2 Å². The second kappa shape index (κ2) is 15.3. The molecule has 5 amide bonds. The Morgan fingerprint density at radius 1 is 0.772 bits per heavy atom. The molecule has 4 heterocycles.